The fourth-order valence-corrected chi connectivity index (χ4v) is 4.20. The molecule has 0 saturated heterocycles. The number of sulfone groups is 1. The summed E-state index contributed by atoms with van der Waals surface area (Å²) in [6.07, 6.45) is 2.43. The van der Waals surface area contributed by atoms with E-state index in [4.69, 9.17) is 5.26 Å². The summed E-state index contributed by atoms with van der Waals surface area (Å²) in [6, 6.07) is 16.1. The second kappa shape index (κ2) is 8.67. The topological polar surface area (TPSA) is 105 Å². The van der Waals surface area contributed by atoms with Crippen molar-refractivity contribution in [3.05, 3.63) is 66.0 Å². The predicted octanol–water partition coefficient (Wildman–Crippen LogP) is 2.03. The van der Waals surface area contributed by atoms with Gasteiger partial charge in [-0.25, -0.2) is 13.4 Å². The minimum Gasteiger partial charge on any atom is -0.355 e. The van der Waals surface area contributed by atoms with Gasteiger partial charge in [-0.1, -0.05) is 24.3 Å². The molecule has 0 aliphatic carbocycles. The Morgan fingerprint density at radius 1 is 1.14 bits per heavy atom. The van der Waals surface area contributed by atoms with Gasteiger partial charge in [-0.05, 0) is 36.2 Å². The molecule has 0 saturated carbocycles. The number of amides is 1. The summed E-state index contributed by atoms with van der Waals surface area (Å²) < 4.78 is 26.4. The number of nitrogens with zero attached hydrogens (tertiary/aromatic N) is 3. The number of aromatic nitrogens is 2. The Morgan fingerprint density at radius 2 is 1.89 bits per heavy atom. The standard InChI is InChI=1S/C20H20N4O3S/c21-12-16-6-8-17(9-7-16)13-28(26,27)14-20(25)22-10-3-11-24-15-23-18-4-1-2-5-19(18)24/h1-2,4-9,15H,3,10-11,13-14H2,(H,22,25). The van der Waals surface area contributed by atoms with Crippen LogP contribution in [-0.4, -0.2) is 36.2 Å². The van der Waals surface area contributed by atoms with Crippen LogP contribution in [-0.2, 0) is 26.9 Å². The first-order valence-electron chi connectivity index (χ1n) is 8.83. The Balaban J connectivity index is 1.44. The minimum absolute atomic E-state index is 0.229. The summed E-state index contributed by atoms with van der Waals surface area (Å²) in [4.78, 5) is 16.3. The minimum atomic E-state index is -3.57. The third-order valence-corrected chi connectivity index (χ3v) is 5.72. The Kier molecular flexibility index (Phi) is 6.06. The molecule has 0 bridgehead atoms. The number of nitrogens with one attached hydrogen (secondary N) is 1. The van der Waals surface area contributed by atoms with E-state index in [2.05, 4.69) is 10.3 Å². The number of imidazole rings is 1. The molecule has 1 N–H and O–H groups in total. The number of carbonyl (C=O) groups excluding carboxylic acids is 1. The molecule has 2 aromatic carbocycles. The smallest absolute Gasteiger partial charge is 0.235 e. The van der Waals surface area contributed by atoms with E-state index in [0.29, 0.717) is 30.6 Å². The number of benzene rings is 2. The Morgan fingerprint density at radius 3 is 2.64 bits per heavy atom. The monoisotopic (exact) mass is 396 g/mol. The maximum atomic E-state index is 12.2. The fraction of sp³-hybridized carbons (Fsp3) is 0.250. The Bertz CT molecular complexity index is 1110. The summed E-state index contributed by atoms with van der Waals surface area (Å²) in [6.45, 7) is 1.07. The molecule has 0 atom stereocenters. The molecule has 0 spiro atoms. The zero-order valence-corrected chi connectivity index (χ0v) is 16.0. The fourth-order valence-electron chi connectivity index (χ4n) is 2.90. The number of carbonyl (C=O) groups is 1. The molecule has 0 aliphatic heterocycles. The molecule has 0 fully saturated rings. The zero-order chi connectivity index (χ0) is 20.0. The van der Waals surface area contributed by atoms with Crippen LogP contribution >= 0.6 is 0 Å². The molecule has 3 aromatic rings. The van der Waals surface area contributed by atoms with Crippen molar-refractivity contribution in [2.45, 2.75) is 18.7 Å². The molecular formula is C20H20N4O3S. The zero-order valence-electron chi connectivity index (χ0n) is 15.2. The molecule has 8 heteroatoms. The predicted molar refractivity (Wildman–Crippen MR) is 106 cm³/mol. The van der Waals surface area contributed by atoms with Gasteiger partial charge in [-0.15, -0.1) is 0 Å². The van der Waals surface area contributed by atoms with E-state index in [1.54, 1.807) is 30.6 Å². The third kappa shape index (κ3) is 5.18. The van der Waals surface area contributed by atoms with Gasteiger partial charge >= 0.3 is 0 Å². The van der Waals surface area contributed by atoms with Crippen molar-refractivity contribution in [1.82, 2.24) is 14.9 Å². The molecule has 0 radical (unpaired) electrons. The van der Waals surface area contributed by atoms with Crippen LogP contribution in [0, 0.1) is 11.3 Å². The van der Waals surface area contributed by atoms with Crippen LogP contribution < -0.4 is 5.32 Å². The van der Waals surface area contributed by atoms with Crippen molar-refractivity contribution in [2.24, 2.45) is 0 Å². The van der Waals surface area contributed by atoms with Gasteiger partial charge in [0.25, 0.3) is 0 Å². The normalized spacial score (nSPS) is 11.2. The highest BCUT2D eigenvalue weighted by atomic mass is 32.2. The number of fused-ring (bicyclic) bond motifs is 1. The summed E-state index contributed by atoms with van der Waals surface area (Å²) in [5, 5.41) is 11.4. The van der Waals surface area contributed by atoms with Crippen LogP contribution in [0.1, 0.15) is 17.5 Å². The van der Waals surface area contributed by atoms with Crippen molar-refractivity contribution >= 4 is 26.8 Å². The molecular weight excluding hydrogens is 376 g/mol. The quantitative estimate of drug-likeness (QED) is 0.587. The number of para-hydroxylation sites is 2. The number of hydrogen-bond acceptors (Lipinski definition) is 5. The Labute approximate surface area is 163 Å². The number of aryl methyl sites for hydroxylation is 1. The van der Waals surface area contributed by atoms with Crippen molar-refractivity contribution in [3.63, 3.8) is 0 Å². The molecule has 144 valence electrons. The van der Waals surface area contributed by atoms with Crippen molar-refractivity contribution in [2.75, 3.05) is 12.3 Å². The summed E-state index contributed by atoms with van der Waals surface area (Å²) >= 11 is 0. The van der Waals surface area contributed by atoms with Crippen LogP contribution in [0.25, 0.3) is 11.0 Å². The average molecular weight is 396 g/mol. The average Bonchev–Trinajstić information content (AvgIpc) is 3.08. The lowest BCUT2D eigenvalue weighted by Crippen LogP contribution is -2.31. The van der Waals surface area contributed by atoms with Gasteiger partial charge in [0.05, 0.1) is 34.7 Å². The molecule has 1 aromatic heterocycles. The lowest BCUT2D eigenvalue weighted by Gasteiger charge is -2.08. The van der Waals surface area contributed by atoms with E-state index in [-0.39, 0.29) is 5.75 Å². The second-order valence-corrected chi connectivity index (χ2v) is 8.54. The van der Waals surface area contributed by atoms with Gasteiger partial charge in [-0.3, -0.25) is 4.79 Å². The van der Waals surface area contributed by atoms with E-state index in [1.807, 2.05) is 34.9 Å². The maximum Gasteiger partial charge on any atom is 0.235 e. The first kappa shape index (κ1) is 19.6. The first-order chi connectivity index (χ1) is 13.5. The Hall–Kier alpha value is -3.18. The molecule has 28 heavy (non-hydrogen) atoms. The lowest BCUT2D eigenvalue weighted by molar-refractivity contribution is -0.118. The van der Waals surface area contributed by atoms with Crippen molar-refractivity contribution in [3.8, 4) is 6.07 Å². The lowest BCUT2D eigenvalue weighted by atomic mass is 10.2. The highest BCUT2D eigenvalue weighted by molar-refractivity contribution is 7.91. The van der Waals surface area contributed by atoms with Gasteiger partial charge in [0.1, 0.15) is 5.75 Å². The summed E-state index contributed by atoms with van der Waals surface area (Å²) in [5.74, 6) is -1.29. The number of rotatable bonds is 8. The van der Waals surface area contributed by atoms with Crippen molar-refractivity contribution < 1.29 is 13.2 Å². The summed E-state index contributed by atoms with van der Waals surface area (Å²) in [7, 11) is -3.57. The van der Waals surface area contributed by atoms with Crippen molar-refractivity contribution in [1.29, 1.82) is 5.26 Å². The van der Waals surface area contributed by atoms with Gasteiger partial charge in [0, 0.05) is 13.1 Å². The SMILES string of the molecule is N#Cc1ccc(CS(=O)(=O)CC(=O)NCCCn2cnc3ccccc32)cc1. The molecule has 3 rings (SSSR count). The van der Waals surface area contributed by atoms with Crippen LogP contribution in [0.4, 0.5) is 0 Å². The van der Waals surface area contributed by atoms with Crippen LogP contribution in [0.2, 0.25) is 0 Å². The molecule has 1 amide bonds. The van der Waals surface area contributed by atoms with Gasteiger partial charge in [0.2, 0.25) is 5.91 Å². The third-order valence-electron chi connectivity index (χ3n) is 4.25. The summed E-state index contributed by atoms with van der Waals surface area (Å²) in [5.41, 5.74) is 2.96. The largest absolute Gasteiger partial charge is 0.355 e. The maximum absolute atomic E-state index is 12.2. The van der Waals surface area contributed by atoms with E-state index in [1.165, 1.54) is 0 Å². The van der Waals surface area contributed by atoms with E-state index >= 15 is 0 Å². The van der Waals surface area contributed by atoms with Crippen LogP contribution in [0.15, 0.2) is 54.9 Å². The van der Waals surface area contributed by atoms with Crippen LogP contribution in [0.3, 0.4) is 0 Å². The van der Waals surface area contributed by atoms with Gasteiger partial charge < -0.3 is 9.88 Å². The van der Waals surface area contributed by atoms with E-state index in [0.717, 1.165) is 11.0 Å². The number of nitriles is 1. The highest BCUT2D eigenvalue weighted by Crippen LogP contribution is 2.12. The highest BCUT2D eigenvalue weighted by Gasteiger charge is 2.17. The molecule has 0 unspecified atom stereocenters. The van der Waals surface area contributed by atoms with E-state index in [9.17, 15) is 13.2 Å². The van der Waals surface area contributed by atoms with Gasteiger partial charge in [0.15, 0.2) is 9.84 Å². The van der Waals surface area contributed by atoms with Crippen LogP contribution in [0.5, 0.6) is 0 Å². The first-order valence-corrected chi connectivity index (χ1v) is 10.6. The van der Waals surface area contributed by atoms with E-state index < -0.39 is 21.5 Å². The molecule has 7 nitrogen and oxygen atoms in total. The second-order valence-electron chi connectivity index (χ2n) is 6.47. The number of hydrogen-bond donors (Lipinski definition) is 1. The molecule has 0 aliphatic rings. The molecule has 1 heterocycles. The van der Waals surface area contributed by atoms with Gasteiger partial charge in [-0.2, -0.15) is 5.26 Å².